The molecule has 0 unspecified atom stereocenters. The van der Waals surface area contributed by atoms with Crippen LogP contribution in [0.15, 0.2) is 48.7 Å². The molecule has 8 heteroatoms. The molecule has 1 N–H and O–H groups in total. The van der Waals surface area contributed by atoms with Crippen LogP contribution in [0.5, 0.6) is 5.88 Å². The standard InChI is InChI=1S/C15H9Cl2N3O3/c16-10-2-1-3-11(7-10)20-12(8-14(19-20)23-15(21)22)9-4-5-18-13(17)6-9/h1-8H,(H,21,22). The van der Waals surface area contributed by atoms with Crippen molar-refractivity contribution in [2.24, 2.45) is 0 Å². The molecule has 0 atom stereocenters. The molecule has 6 nitrogen and oxygen atoms in total. The summed E-state index contributed by atoms with van der Waals surface area (Å²) in [5.74, 6) is -0.0552. The van der Waals surface area contributed by atoms with Crippen molar-refractivity contribution in [3.63, 3.8) is 0 Å². The van der Waals surface area contributed by atoms with E-state index in [9.17, 15) is 4.79 Å². The van der Waals surface area contributed by atoms with E-state index >= 15 is 0 Å². The molecule has 3 aromatic rings. The fraction of sp³-hybridized carbons (Fsp3) is 0. The van der Waals surface area contributed by atoms with Crippen molar-refractivity contribution in [3.05, 3.63) is 58.8 Å². The van der Waals surface area contributed by atoms with E-state index < -0.39 is 6.16 Å². The summed E-state index contributed by atoms with van der Waals surface area (Å²) in [7, 11) is 0. The molecule has 23 heavy (non-hydrogen) atoms. The van der Waals surface area contributed by atoms with E-state index in [2.05, 4.69) is 14.8 Å². The number of halogens is 2. The SMILES string of the molecule is O=C(O)Oc1cc(-c2ccnc(Cl)c2)n(-c2cccc(Cl)c2)n1. The molecular weight excluding hydrogens is 341 g/mol. The van der Waals surface area contributed by atoms with Gasteiger partial charge in [-0.3, -0.25) is 0 Å². The van der Waals surface area contributed by atoms with Gasteiger partial charge < -0.3 is 9.84 Å². The number of ether oxygens (including phenoxy) is 1. The number of hydrogen-bond acceptors (Lipinski definition) is 4. The number of rotatable bonds is 3. The van der Waals surface area contributed by atoms with Gasteiger partial charge in [-0.2, -0.15) is 0 Å². The third kappa shape index (κ3) is 3.44. The van der Waals surface area contributed by atoms with Gasteiger partial charge in [0.25, 0.3) is 0 Å². The average Bonchev–Trinajstić information content (AvgIpc) is 2.90. The molecule has 116 valence electrons. The molecule has 2 heterocycles. The zero-order chi connectivity index (χ0) is 16.4. The first-order valence-corrected chi connectivity index (χ1v) is 7.17. The van der Waals surface area contributed by atoms with Crippen molar-refractivity contribution in [3.8, 4) is 22.8 Å². The number of hydrogen-bond donors (Lipinski definition) is 1. The third-order valence-electron chi connectivity index (χ3n) is 2.95. The van der Waals surface area contributed by atoms with Crippen LogP contribution in [-0.4, -0.2) is 26.0 Å². The molecule has 0 saturated carbocycles. The Kier molecular flexibility index (Phi) is 4.18. The minimum absolute atomic E-state index is 0.0552. The summed E-state index contributed by atoms with van der Waals surface area (Å²) >= 11 is 11.9. The summed E-state index contributed by atoms with van der Waals surface area (Å²) in [6, 6.07) is 11.9. The molecule has 2 aromatic heterocycles. The maximum absolute atomic E-state index is 10.7. The molecular formula is C15H9Cl2N3O3. The van der Waals surface area contributed by atoms with Gasteiger partial charge in [-0.1, -0.05) is 29.3 Å². The van der Waals surface area contributed by atoms with Crippen LogP contribution in [0.3, 0.4) is 0 Å². The van der Waals surface area contributed by atoms with Crippen molar-refractivity contribution in [1.82, 2.24) is 14.8 Å². The minimum Gasteiger partial charge on any atom is -0.449 e. The molecule has 0 fully saturated rings. The van der Waals surface area contributed by atoms with E-state index in [-0.39, 0.29) is 5.88 Å². The lowest BCUT2D eigenvalue weighted by atomic mass is 10.2. The molecule has 0 spiro atoms. The first-order chi connectivity index (χ1) is 11.0. The monoisotopic (exact) mass is 349 g/mol. The highest BCUT2D eigenvalue weighted by Crippen LogP contribution is 2.29. The predicted molar refractivity (Wildman–Crippen MR) is 85.5 cm³/mol. The van der Waals surface area contributed by atoms with Gasteiger partial charge in [-0.25, -0.2) is 14.5 Å². The van der Waals surface area contributed by atoms with Gasteiger partial charge in [0.05, 0.1) is 11.4 Å². The second-order valence-corrected chi connectivity index (χ2v) is 5.32. The Balaban J connectivity index is 2.16. The molecule has 0 amide bonds. The summed E-state index contributed by atoms with van der Waals surface area (Å²) in [4.78, 5) is 14.7. The van der Waals surface area contributed by atoms with E-state index in [0.717, 1.165) is 0 Å². The van der Waals surface area contributed by atoms with Gasteiger partial charge in [-0.05, 0) is 30.3 Å². The number of benzene rings is 1. The minimum atomic E-state index is -1.44. The van der Waals surface area contributed by atoms with E-state index in [4.69, 9.17) is 28.3 Å². The number of nitrogens with zero attached hydrogens (tertiary/aromatic N) is 3. The van der Waals surface area contributed by atoms with Gasteiger partial charge >= 0.3 is 6.16 Å². The van der Waals surface area contributed by atoms with Crippen molar-refractivity contribution in [2.75, 3.05) is 0 Å². The highest BCUT2D eigenvalue weighted by atomic mass is 35.5. The smallest absolute Gasteiger partial charge is 0.449 e. The Morgan fingerprint density at radius 2 is 2.00 bits per heavy atom. The van der Waals surface area contributed by atoms with Crippen LogP contribution in [0.25, 0.3) is 16.9 Å². The Hall–Kier alpha value is -2.57. The zero-order valence-corrected chi connectivity index (χ0v) is 13.0. The summed E-state index contributed by atoms with van der Waals surface area (Å²) in [6.07, 6.45) is 0.102. The van der Waals surface area contributed by atoms with Gasteiger partial charge in [0.2, 0.25) is 5.88 Å². The highest BCUT2D eigenvalue weighted by molar-refractivity contribution is 6.30. The third-order valence-corrected chi connectivity index (χ3v) is 3.40. The second kappa shape index (κ2) is 6.28. The van der Waals surface area contributed by atoms with Crippen LogP contribution >= 0.6 is 23.2 Å². The van der Waals surface area contributed by atoms with Crippen LogP contribution in [-0.2, 0) is 0 Å². The van der Waals surface area contributed by atoms with Crippen molar-refractivity contribution < 1.29 is 14.6 Å². The molecule has 0 aliphatic carbocycles. The first-order valence-electron chi connectivity index (χ1n) is 6.41. The normalized spacial score (nSPS) is 10.5. The molecule has 0 aliphatic rings. The molecule has 0 saturated heterocycles. The van der Waals surface area contributed by atoms with E-state index in [1.807, 2.05) is 0 Å². The topological polar surface area (TPSA) is 77.2 Å². The van der Waals surface area contributed by atoms with Crippen LogP contribution in [0.2, 0.25) is 10.2 Å². The predicted octanol–water partition coefficient (Wildman–Crippen LogP) is 4.30. The summed E-state index contributed by atoms with van der Waals surface area (Å²) in [6.45, 7) is 0. The van der Waals surface area contributed by atoms with Gasteiger partial charge in [-0.15, -0.1) is 5.10 Å². The number of pyridine rings is 1. The number of carbonyl (C=O) groups is 1. The Morgan fingerprint density at radius 3 is 2.70 bits per heavy atom. The van der Waals surface area contributed by atoms with Crippen LogP contribution < -0.4 is 4.74 Å². The van der Waals surface area contributed by atoms with Crippen molar-refractivity contribution >= 4 is 29.4 Å². The molecule has 3 rings (SSSR count). The molecule has 1 aromatic carbocycles. The fourth-order valence-electron chi connectivity index (χ4n) is 2.07. The average molecular weight is 350 g/mol. The summed E-state index contributed by atoms with van der Waals surface area (Å²) < 4.78 is 6.17. The largest absolute Gasteiger partial charge is 0.512 e. The fourth-order valence-corrected chi connectivity index (χ4v) is 2.43. The lowest BCUT2D eigenvalue weighted by Gasteiger charge is -2.07. The van der Waals surface area contributed by atoms with Crippen molar-refractivity contribution in [2.45, 2.75) is 0 Å². The van der Waals surface area contributed by atoms with Gasteiger partial charge in [0.15, 0.2) is 0 Å². The van der Waals surface area contributed by atoms with Gasteiger partial charge in [0, 0.05) is 22.8 Å². The van der Waals surface area contributed by atoms with Crippen LogP contribution in [0.4, 0.5) is 4.79 Å². The van der Waals surface area contributed by atoms with E-state index in [1.54, 1.807) is 42.6 Å². The second-order valence-electron chi connectivity index (χ2n) is 4.49. The maximum atomic E-state index is 10.7. The van der Waals surface area contributed by atoms with Crippen LogP contribution in [0.1, 0.15) is 0 Å². The van der Waals surface area contributed by atoms with E-state index in [1.165, 1.54) is 10.7 Å². The molecule has 0 bridgehead atoms. The molecule has 0 aliphatic heterocycles. The van der Waals surface area contributed by atoms with Gasteiger partial charge in [0.1, 0.15) is 5.15 Å². The highest BCUT2D eigenvalue weighted by Gasteiger charge is 2.15. The van der Waals surface area contributed by atoms with Crippen molar-refractivity contribution in [1.29, 1.82) is 0 Å². The Bertz CT molecular complexity index is 817. The maximum Gasteiger partial charge on any atom is 0.512 e. The zero-order valence-electron chi connectivity index (χ0n) is 11.5. The summed E-state index contributed by atoms with van der Waals surface area (Å²) in [5, 5.41) is 13.8. The first kappa shape index (κ1) is 15.3. The molecule has 0 radical (unpaired) electrons. The lowest BCUT2D eigenvalue weighted by Crippen LogP contribution is -2.04. The van der Waals surface area contributed by atoms with E-state index in [0.29, 0.717) is 27.1 Å². The number of aromatic nitrogens is 3. The quantitative estimate of drug-likeness (QED) is 0.563. The summed E-state index contributed by atoms with van der Waals surface area (Å²) in [5.41, 5.74) is 1.95. The Morgan fingerprint density at radius 1 is 1.17 bits per heavy atom. The lowest BCUT2D eigenvalue weighted by molar-refractivity contribution is 0.142. The number of carboxylic acid groups (broad SMARTS) is 1. The Labute approximate surface area is 140 Å². The van der Waals surface area contributed by atoms with Crippen LogP contribution in [0, 0.1) is 0 Å².